The Morgan fingerprint density at radius 3 is 2.47 bits per heavy atom. The molecule has 0 spiro atoms. The van der Waals surface area contributed by atoms with Crippen LogP contribution in [-0.2, 0) is 6.54 Å². The van der Waals surface area contributed by atoms with Gasteiger partial charge < -0.3 is 15.2 Å². The average molecular weight is 401 g/mol. The number of methoxy groups -OCH3 is 1. The standard InChI is InChI=1S/C23H19N3O4/c1-30-20-13-15(11-12-19(20)27)14-24-22(28)21-17-9-5-6-10-18(17)23(29)26(25-21)16-7-3-2-4-8-16/h2-13,27H,14H2,1H3,(H,24,28). The monoisotopic (exact) mass is 401 g/mol. The molecule has 7 nitrogen and oxygen atoms in total. The van der Waals surface area contributed by atoms with Crippen LogP contribution in [0.1, 0.15) is 16.1 Å². The second kappa shape index (κ2) is 8.08. The average Bonchev–Trinajstić information content (AvgIpc) is 2.79. The number of aromatic hydroxyl groups is 1. The maximum absolute atomic E-state index is 13.0. The number of aromatic nitrogens is 2. The Bertz CT molecular complexity index is 1280. The van der Waals surface area contributed by atoms with Gasteiger partial charge in [-0.2, -0.15) is 9.78 Å². The number of nitrogens with zero attached hydrogens (tertiary/aromatic N) is 2. The third kappa shape index (κ3) is 3.60. The highest BCUT2D eigenvalue weighted by Crippen LogP contribution is 2.26. The molecule has 150 valence electrons. The third-order valence-corrected chi connectivity index (χ3v) is 4.72. The van der Waals surface area contributed by atoms with E-state index >= 15 is 0 Å². The SMILES string of the molecule is COc1cc(CNC(=O)c2nn(-c3ccccc3)c(=O)c3ccccc23)ccc1O. The Morgan fingerprint density at radius 1 is 1.03 bits per heavy atom. The van der Waals surface area contributed by atoms with Crippen molar-refractivity contribution in [1.29, 1.82) is 0 Å². The van der Waals surface area contributed by atoms with Crippen molar-refractivity contribution in [3.8, 4) is 17.2 Å². The minimum atomic E-state index is -0.414. The number of nitrogens with one attached hydrogen (secondary N) is 1. The van der Waals surface area contributed by atoms with Crippen LogP contribution in [0.5, 0.6) is 11.5 Å². The normalized spacial score (nSPS) is 10.7. The van der Waals surface area contributed by atoms with E-state index in [2.05, 4.69) is 10.4 Å². The van der Waals surface area contributed by atoms with Crippen LogP contribution < -0.4 is 15.6 Å². The number of fused-ring (bicyclic) bond motifs is 1. The summed E-state index contributed by atoms with van der Waals surface area (Å²) in [5.41, 5.74) is 1.18. The molecule has 0 aliphatic heterocycles. The van der Waals surface area contributed by atoms with E-state index in [1.807, 2.05) is 6.07 Å². The van der Waals surface area contributed by atoms with Crippen LogP contribution in [-0.4, -0.2) is 27.9 Å². The van der Waals surface area contributed by atoms with Gasteiger partial charge in [-0.05, 0) is 35.9 Å². The fourth-order valence-corrected chi connectivity index (χ4v) is 3.20. The summed E-state index contributed by atoms with van der Waals surface area (Å²) in [5, 5.41) is 17.8. The molecule has 1 aromatic heterocycles. The van der Waals surface area contributed by atoms with E-state index in [0.29, 0.717) is 22.2 Å². The molecule has 0 aliphatic rings. The first-order chi connectivity index (χ1) is 14.6. The molecule has 0 saturated heterocycles. The highest BCUT2D eigenvalue weighted by molar-refractivity contribution is 6.04. The molecule has 0 unspecified atom stereocenters. The summed E-state index contributed by atoms with van der Waals surface area (Å²) < 4.78 is 6.34. The van der Waals surface area contributed by atoms with E-state index in [-0.39, 0.29) is 23.5 Å². The maximum atomic E-state index is 13.0. The minimum Gasteiger partial charge on any atom is -0.504 e. The van der Waals surface area contributed by atoms with Gasteiger partial charge in [0.25, 0.3) is 11.5 Å². The van der Waals surface area contributed by atoms with Crippen LogP contribution >= 0.6 is 0 Å². The number of amides is 1. The molecular formula is C23H19N3O4. The van der Waals surface area contributed by atoms with Crippen LogP contribution in [0.4, 0.5) is 0 Å². The summed E-state index contributed by atoms with van der Waals surface area (Å²) in [5.74, 6) is -0.0685. The molecule has 1 heterocycles. The summed E-state index contributed by atoms with van der Waals surface area (Å²) in [6.07, 6.45) is 0. The van der Waals surface area contributed by atoms with Gasteiger partial charge in [-0.15, -0.1) is 0 Å². The van der Waals surface area contributed by atoms with Gasteiger partial charge in [0.05, 0.1) is 18.2 Å². The fourth-order valence-electron chi connectivity index (χ4n) is 3.20. The second-order valence-corrected chi connectivity index (χ2v) is 6.64. The number of phenols is 1. The van der Waals surface area contributed by atoms with Crippen molar-refractivity contribution < 1.29 is 14.6 Å². The number of para-hydroxylation sites is 1. The van der Waals surface area contributed by atoms with E-state index in [0.717, 1.165) is 5.56 Å². The van der Waals surface area contributed by atoms with Gasteiger partial charge >= 0.3 is 0 Å². The summed E-state index contributed by atoms with van der Waals surface area (Å²) in [4.78, 5) is 25.9. The topological polar surface area (TPSA) is 93.5 Å². The number of benzene rings is 3. The van der Waals surface area contributed by atoms with Crippen LogP contribution in [0.2, 0.25) is 0 Å². The molecule has 0 atom stereocenters. The number of carbonyl (C=O) groups is 1. The molecular weight excluding hydrogens is 382 g/mol. The van der Waals surface area contributed by atoms with Crippen molar-refractivity contribution >= 4 is 16.7 Å². The maximum Gasteiger partial charge on any atom is 0.279 e. The molecule has 2 N–H and O–H groups in total. The predicted octanol–water partition coefficient (Wildman–Crippen LogP) is 3.03. The smallest absolute Gasteiger partial charge is 0.279 e. The fraction of sp³-hybridized carbons (Fsp3) is 0.0870. The van der Waals surface area contributed by atoms with Crippen molar-refractivity contribution in [3.63, 3.8) is 0 Å². The third-order valence-electron chi connectivity index (χ3n) is 4.72. The number of hydrogen-bond acceptors (Lipinski definition) is 5. The van der Waals surface area contributed by atoms with Gasteiger partial charge in [0.2, 0.25) is 0 Å². The van der Waals surface area contributed by atoms with Crippen molar-refractivity contribution in [2.75, 3.05) is 7.11 Å². The van der Waals surface area contributed by atoms with Crippen molar-refractivity contribution in [2.45, 2.75) is 6.54 Å². The second-order valence-electron chi connectivity index (χ2n) is 6.64. The van der Waals surface area contributed by atoms with E-state index in [9.17, 15) is 14.7 Å². The van der Waals surface area contributed by atoms with Crippen LogP contribution in [0.3, 0.4) is 0 Å². The van der Waals surface area contributed by atoms with Crippen molar-refractivity contribution in [3.05, 3.63) is 94.4 Å². The van der Waals surface area contributed by atoms with E-state index in [4.69, 9.17) is 4.74 Å². The van der Waals surface area contributed by atoms with Gasteiger partial charge in [0.1, 0.15) is 0 Å². The van der Waals surface area contributed by atoms with Gasteiger partial charge in [0.15, 0.2) is 17.2 Å². The number of carbonyl (C=O) groups excluding carboxylic acids is 1. The van der Waals surface area contributed by atoms with Crippen molar-refractivity contribution in [1.82, 2.24) is 15.1 Å². The number of phenolic OH excluding ortho intramolecular Hbond substituents is 1. The number of hydrogen-bond donors (Lipinski definition) is 2. The lowest BCUT2D eigenvalue weighted by Crippen LogP contribution is -2.29. The minimum absolute atomic E-state index is 0.0233. The van der Waals surface area contributed by atoms with E-state index in [1.54, 1.807) is 60.7 Å². The predicted molar refractivity (Wildman–Crippen MR) is 113 cm³/mol. The van der Waals surface area contributed by atoms with Gasteiger partial charge in [-0.1, -0.05) is 42.5 Å². The lowest BCUT2D eigenvalue weighted by atomic mass is 10.1. The molecule has 3 aromatic carbocycles. The van der Waals surface area contributed by atoms with Crippen LogP contribution in [0, 0.1) is 0 Å². The summed E-state index contributed by atoms with van der Waals surface area (Å²) in [6, 6.07) is 20.7. The highest BCUT2D eigenvalue weighted by atomic mass is 16.5. The number of ether oxygens (including phenoxy) is 1. The van der Waals surface area contributed by atoms with Gasteiger partial charge in [0, 0.05) is 11.9 Å². The Balaban J connectivity index is 1.72. The Kier molecular flexibility index (Phi) is 5.17. The van der Waals surface area contributed by atoms with Crippen LogP contribution in [0.25, 0.3) is 16.5 Å². The zero-order valence-corrected chi connectivity index (χ0v) is 16.2. The lowest BCUT2D eigenvalue weighted by molar-refractivity contribution is 0.0946. The van der Waals surface area contributed by atoms with Crippen molar-refractivity contribution in [2.24, 2.45) is 0 Å². The molecule has 1 amide bonds. The van der Waals surface area contributed by atoms with Gasteiger partial charge in [-0.3, -0.25) is 9.59 Å². The Hall–Kier alpha value is -4.13. The summed E-state index contributed by atoms with van der Waals surface area (Å²) in [6.45, 7) is 0.204. The molecule has 0 bridgehead atoms. The largest absolute Gasteiger partial charge is 0.504 e. The molecule has 0 saturated carbocycles. The first-order valence-corrected chi connectivity index (χ1v) is 9.30. The molecule has 7 heteroatoms. The molecule has 4 aromatic rings. The number of rotatable bonds is 5. The van der Waals surface area contributed by atoms with Crippen LogP contribution in [0.15, 0.2) is 77.6 Å². The molecule has 4 rings (SSSR count). The van der Waals surface area contributed by atoms with Gasteiger partial charge in [-0.25, -0.2) is 0 Å². The summed E-state index contributed by atoms with van der Waals surface area (Å²) >= 11 is 0. The first-order valence-electron chi connectivity index (χ1n) is 9.30. The van der Waals surface area contributed by atoms with E-state index < -0.39 is 5.91 Å². The summed E-state index contributed by atoms with van der Waals surface area (Å²) in [7, 11) is 1.46. The zero-order chi connectivity index (χ0) is 21.1. The Labute approximate surface area is 172 Å². The molecule has 0 aliphatic carbocycles. The lowest BCUT2D eigenvalue weighted by Gasteiger charge is -2.12. The quantitative estimate of drug-likeness (QED) is 0.536. The molecule has 0 radical (unpaired) electrons. The molecule has 0 fully saturated rings. The highest BCUT2D eigenvalue weighted by Gasteiger charge is 2.17. The van der Waals surface area contributed by atoms with E-state index in [1.165, 1.54) is 17.9 Å². The Morgan fingerprint density at radius 2 is 1.73 bits per heavy atom. The first kappa shape index (κ1) is 19.2. The molecule has 30 heavy (non-hydrogen) atoms. The zero-order valence-electron chi connectivity index (χ0n) is 16.2.